The van der Waals surface area contributed by atoms with Gasteiger partial charge in [0.05, 0.1) is 0 Å². The first-order valence-electron chi connectivity index (χ1n) is 7.79. The monoisotopic (exact) mass is 310 g/mol. The molecule has 23 heavy (non-hydrogen) atoms. The molecule has 1 aliphatic heterocycles. The fourth-order valence-corrected chi connectivity index (χ4v) is 3.06. The Morgan fingerprint density at radius 2 is 2.04 bits per heavy atom. The summed E-state index contributed by atoms with van der Waals surface area (Å²) in [7, 11) is 0. The number of amides is 1. The summed E-state index contributed by atoms with van der Waals surface area (Å²) in [6.45, 7) is 2.84. The fraction of sp³-hybridized carbons (Fsp3) is 0.278. The Hall–Kier alpha value is -2.37. The van der Waals surface area contributed by atoms with E-state index in [9.17, 15) is 4.79 Å². The SMILES string of the molecule is NC(=O)c1ccc(N)c(-c2cccc(CN3CCC(N)C3)c2)c1. The van der Waals surface area contributed by atoms with Crippen molar-refractivity contribution in [2.75, 3.05) is 18.8 Å². The molecule has 2 aromatic rings. The van der Waals surface area contributed by atoms with E-state index >= 15 is 0 Å². The molecule has 2 aromatic carbocycles. The van der Waals surface area contributed by atoms with Crippen LogP contribution in [0.1, 0.15) is 22.3 Å². The lowest BCUT2D eigenvalue weighted by Gasteiger charge is -2.16. The molecular weight excluding hydrogens is 288 g/mol. The molecule has 1 aliphatic rings. The number of hydrogen-bond acceptors (Lipinski definition) is 4. The summed E-state index contributed by atoms with van der Waals surface area (Å²) in [5, 5.41) is 0. The Kier molecular flexibility index (Phi) is 4.32. The third-order valence-electron chi connectivity index (χ3n) is 4.29. The van der Waals surface area contributed by atoms with Gasteiger partial charge in [-0.15, -0.1) is 0 Å². The standard InChI is InChI=1S/C18H22N4O/c19-15-6-7-22(11-15)10-12-2-1-3-13(8-12)16-9-14(18(21)23)4-5-17(16)20/h1-5,8-9,15H,6-7,10-11,19-20H2,(H2,21,23). The van der Waals surface area contributed by atoms with Gasteiger partial charge in [-0.1, -0.05) is 18.2 Å². The molecule has 1 amide bonds. The first-order valence-corrected chi connectivity index (χ1v) is 7.79. The van der Waals surface area contributed by atoms with E-state index in [0.717, 1.165) is 37.2 Å². The van der Waals surface area contributed by atoms with Crippen molar-refractivity contribution in [3.8, 4) is 11.1 Å². The minimum absolute atomic E-state index is 0.279. The zero-order valence-corrected chi connectivity index (χ0v) is 13.0. The molecular formula is C18H22N4O. The molecule has 1 fully saturated rings. The van der Waals surface area contributed by atoms with Gasteiger partial charge in [-0.3, -0.25) is 9.69 Å². The molecule has 3 rings (SSSR count). The van der Waals surface area contributed by atoms with E-state index in [2.05, 4.69) is 17.0 Å². The van der Waals surface area contributed by atoms with Crippen LogP contribution in [0.25, 0.3) is 11.1 Å². The van der Waals surface area contributed by atoms with Gasteiger partial charge in [0, 0.05) is 42.5 Å². The lowest BCUT2D eigenvalue weighted by atomic mass is 9.99. The predicted molar refractivity (Wildman–Crippen MR) is 92.7 cm³/mol. The van der Waals surface area contributed by atoms with Crippen LogP contribution in [-0.4, -0.2) is 29.9 Å². The lowest BCUT2D eigenvalue weighted by molar-refractivity contribution is 0.100. The molecule has 0 saturated carbocycles. The van der Waals surface area contributed by atoms with E-state index in [-0.39, 0.29) is 6.04 Å². The second kappa shape index (κ2) is 6.40. The molecule has 0 bridgehead atoms. The summed E-state index contributed by atoms with van der Waals surface area (Å²) in [6, 6.07) is 13.6. The number of nitrogen functional groups attached to an aromatic ring is 1. The van der Waals surface area contributed by atoms with Gasteiger partial charge >= 0.3 is 0 Å². The largest absolute Gasteiger partial charge is 0.398 e. The van der Waals surface area contributed by atoms with Crippen molar-refractivity contribution in [2.45, 2.75) is 19.0 Å². The van der Waals surface area contributed by atoms with Crippen LogP contribution < -0.4 is 17.2 Å². The minimum Gasteiger partial charge on any atom is -0.398 e. The number of likely N-dealkylation sites (tertiary alicyclic amines) is 1. The molecule has 6 N–H and O–H groups in total. The van der Waals surface area contributed by atoms with Gasteiger partial charge in [0.25, 0.3) is 0 Å². The number of nitrogens with two attached hydrogens (primary N) is 3. The van der Waals surface area contributed by atoms with Crippen molar-refractivity contribution in [3.05, 3.63) is 53.6 Å². The Balaban J connectivity index is 1.87. The normalized spacial score (nSPS) is 18.2. The summed E-state index contributed by atoms with van der Waals surface area (Å²) in [5.41, 5.74) is 21.5. The Morgan fingerprint density at radius 1 is 1.22 bits per heavy atom. The average molecular weight is 310 g/mol. The number of rotatable bonds is 4. The second-order valence-corrected chi connectivity index (χ2v) is 6.15. The summed E-state index contributed by atoms with van der Waals surface area (Å²) in [6.07, 6.45) is 1.05. The number of hydrogen-bond donors (Lipinski definition) is 3. The molecule has 1 unspecified atom stereocenters. The van der Waals surface area contributed by atoms with E-state index in [0.29, 0.717) is 11.3 Å². The van der Waals surface area contributed by atoms with Crippen molar-refractivity contribution < 1.29 is 4.79 Å². The molecule has 0 radical (unpaired) electrons. The topological polar surface area (TPSA) is 98.4 Å². The van der Waals surface area contributed by atoms with Gasteiger partial charge in [-0.25, -0.2) is 0 Å². The maximum Gasteiger partial charge on any atom is 0.248 e. The van der Waals surface area contributed by atoms with Crippen molar-refractivity contribution in [3.63, 3.8) is 0 Å². The summed E-state index contributed by atoms with van der Waals surface area (Å²) >= 11 is 0. The second-order valence-electron chi connectivity index (χ2n) is 6.15. The van der Waals surface area contributed by atoms with E-state index < -0.39 is 5.91 Å². The molecule has 0 spiro atoms. The molecule has 120 valence electrons. The molecule has 0 aliphatic carbocycles. The van der Waals surface area contributed by atoms with Crippen LogP contribution in [0, 0.1) is 0 Å². The Morgan fingerprint density at radius 3 is 2.74 bits per heavy atom. The van der Waals surface area contributed by atoms with Crippen LogP contribution in [-0.2, 0) is 6.54 Å². The lowest BCUT2D eigenvalue weighted by Crippen LogP contribution is -2.26. The van der Waals surface area contributed by atoms with Crippen molar-refractivity contribution >= 4 is 11.6 Å². The van der Waals surface area contributed by atoms with Crippen LogP contribution in [0.2, 0.25) is 0 Å². The third kappa shape index (κ3) is 3.52. The van der Waals surface area contributed by atoms with E-state index in [4.69, 9.17) is 17.2 Å². The average Bonchev–Trinajstić information content (AvgIpc) is 2.93. The summed E-state index contributed by atoms with van der Waals surface area (Å²) in [5.74, 6) is -0.451. The van der Waals surface area contributed by atoms with Crippen molar-refractivity contribution in [1.82, 2.24) is 4.90 Å². The van der Waals surface area contributed by atoms with Crippen molar-refractivity contribution in [1.29, 1.82) is 0 Å². The summed E-state index contributed by atoms with van der Waals surface area (Å²) < 4.78 is 0. The highest BCUT2D eigenvalue weighted by Crippen LogP contribution is 2.28. The first kappa shape index (κ1) is 15.5. The third-order valence-corrected chi connectivity index (χ3v) is 4.29. The first-order chi connectivity index (χ1) is 11.0. The fourth-order valence-electron chi connectivity index (χ4n) is 3.06. The van der Waals surface area contributed by atoms with Gasteiger partial charge in [0.2, 0.25) is 5.91 Å². The van der Waals surface area contributed by atoms with Crippen LogP contribution in [0.3, 0.4) is 0 Å². The van der Waals surface area contributed by atoms with Crippen LogP contribution >= 0.6 is 0 Å². The number of anilines is 1. The number of carbonyl (C=O) groups is 1. The molecule has 1 heterocycles. The van der Waals surface area contributed by atoms with Crippen molar-refractivity contribution in [2.24, 2.45) is 11.5 Å². The van der Waals surface area contributed by atoms with Gasteiger partial charge < -0.3 is 17.2 Å². The van der Waals surface area contributed by atoms with Gasteiger partial charge in [0.15, 0.2) is 0 Å². The van der Waals surface area contributed by atoms with E-state index in [1.54, 1.807) is 18.2 Å². The quantitative estimate of drug-likeness (QED) is 0.746. The molecule has 5 heteroatoms. The summed E-state index contributed by atoms with van der Waals surface area (Å²) in [4.78, 5) is 13.7. The number of benzene rings is 2. The van der Waals surface area contributed by atoms with Crippen LogP contribution in [0.15, 0.2) is 42.5 Å². The van der Waals surface area contributed by atoms with Gasteiger partial charge in [0.1, 0.15) is 0 Å². The van der Waals surface area contributed by atoms with E-state index in [1.165, 1.54) is 5.56 Å². The highest BCUT2D eigenvalue weighted by molar-refractivity contribution is 5.95. The smallest absolute Gasteiger partial charge is 0.248 e. The minimum atomic E-state index is -0.451. The van der Waals surface area contributed by atoms with Crippen LogP contribution in [0.4, 0.5) is 5.69 Å². The molecule has 1 saturated heterocycles. The predicted octanol–water partition coefficient (Wildman–Crippen LogP) is 1.57. The zero-order chi connectivity index (χ0) is 16.4. The molecule has 0 aromatic heterocycles. The van der Waals surface area contributed by atoms with E-state index in [1.807, 2.05) is 12.1 Å². The number of nitrogens with zero attached hydrogens (tertiary/aromatic N) is 1. The van der Waals surface area contributed by atoms with Crippen LogP contribution in [0.5, 0.6) is 0 Å². The highest BCUT2D eigenvalue weighted by Gasteiger charge is 2.19. The van der Waals surface area contributed by atoms with Gasteiger partial charge in [-0.2, -0.15) is 0 Å². The van der Waals surface area contributed by atoms with Gasteiger partial charge in [-0.05, 0) is 41.8 Å². The highest BCUT2D eigenvalue weighted by atomic mass is 16.1. The Labute approximate surface area is 136 Å². The maximum absolute atomic E-state index is 11.4. The molecule has 5 nitrogen and oxygen atoms in total. The number of primary amides is 1. The Bertz CT molecular complexity index is 729. The maximum atomic E-state index is 11.4. The zero-order valence-electron chi connectivity index (χ0n) is 13.0. The number of carbonyl (C=O) groups excluding carboxylic acids is 1. The molecule has 1 atom stereocenters.